The van der Waals surface area contributed by atoms with Gasteiger partial charge in [0.2, 0.25) is 0 Å². The van der Waals surface area contributed by atoms with Crippen LogP contribution in [0.4, 0.5) is 0 Å². The number of allylic oxidation sites excluding steroid dienone is 4. The lowest BCUT2D eigenvalue weighted by atomic mass is 10.1. The molecule has 0 spiro atoms. The number of aliphatic hydroxyl groups is 1. The Kier molecular flexibility index (Phi) is 4.63. The number of hydrogen-bond acceptors (Lipinski definition) is 4. The average molecular weight is 229 g/mol. The van der Waals surface area contributed by atoms with E-state index in [1.165, 1.54) is 0 Å². The molecule has 1 aliphatic carbocycles. The van der Waals surface area contributed by atoms with Crippen molar-refractivity contribution < 1.29 is 9.84 Å². The molecule has 0 amide bonds. The predicted octanol–water partition coefficient (Wildman–Crippen LogP) is 1.02. The predicted molar refractivity (Wildman–Crippen MR) is 56.8 cm³/mol. The fraction of sp³-hybridized carbons (Fsp3) is 0.500. The van der Waals surface area contributed by atoms with Crippen molar-refractivity contribution in [2.24, 2.45) is 5.73 Å². The summed E-state index contributed by atoms with van der Waals surface area (Å²) in [5, 5.41) is 18.3. The SMILES string of the molecule is N#CC1=C(Cl)C=C(OCC(O)CN)CC1. The van der Waals surface area contributed by atoms with Gasteiger partial charge in [-0.1, -0.05) is 11.6 Å². The molecule has 1 atom stereocenters. The molecule has 0 fully saturated rings. The Bertz CT molecular complexity index is 331. The lowest BCUT2D eigenvalue weighted by Gasteiger charge is -2.16. The zero-order valence-corrected chi connectivity index (χ0v) is 9.00. The standard InChI is InChI=1S/C10H13ClN2O2/c11-10-3-9(2-1-7(10)4-12)15-6-8(14)5-13/h3,8,14H,1-2,5-6,13H2. The highest BCUT2D eigenvalue weighted by Gasteiger charge is 2.13. The van der Waals surface area contributed by atoms with Gasteiger partial charge >= 0.3 is 0 Å². The van der Waals surface area contributed by atoms with Crippen LogP contribution in [0.1, 0.15) is 12.8 Å². The number of rotatable bonds is 4. The normalized spacial score (nSPS) is 18.1. The molecule has 82 valence electrons. The minimum absolute atomic E-state index is 0.161. The maximum absolute atomic E-state index is 9.18. The van der Waals surface area contributed by atoms with Gasteiger partial charge in [0.05, 0.1) is 16.9 Å². The van der Waals surface area contributed by atoms with E-state index in [9.17, 15) is 5.11 Å². The Morgan fingerprint density at radius 1 is 1.67 bits per heavy atom. The second-order valence-corrected chi connectivity index (χ2v) is 3.66. The van der Waals surface area contributed by atoms with Crippen LogP contribution in [0.2, 0.25) is 0 Å². The van der Waals surface area contributed by atoms with Crippen molar-refractivity contribution in [2.75, 3.05) is 13.2 Å². The zero-order valence-electron chi connectivity index (χ0n) is 8.24. The van der Waals surface area contributed by atoms with Crippen LogP contribution in [0.3, 0.4) is 0 Å². The molecule has 0 saturated carbocycles. The summed E-state index contributed by atoms with van der Waals surface area (Å²) >= 11 is 5.84. The number of nitrogens with two attached hydrogens (primary N) is 1. The molecule has 3 N–H and O–H groups in total. The summed E-state index contributed by atoms with van der Waals surface area (Å²) in [6.07, 6.45) is 2.18. The molecule has 0 aromatic carbocycles. The molecule has 0 bridgehead atoms. The maximum atomic E-state index is 9.18. The van der Waals surface area contributed by atoms with E-state index < -0.39 is 6.10 Å². The van der Waals surface area contributed by atoms with E-state index in [0.29, 0.717) is 29.2 Å². The summed E-state index contributed by atoms with van der Waals surface area (Å²) in [6.45, 7) is 0.328. The van der Waals surface area contributed by atoms with Gasteiger partial charge in [0.1, 0.15) is 12.7 Å². The first-order valence-electron chi connectivity index (χ1n) is 4.67. The first-order valence-corrected chi connectivity index (χ1v) is 5.05. The summed E-state index contributed by atoms with van der Waals surface area (Å²) in [6, 6.07) is 2.03. The van der Waals surface area contributed by atoms with E-state index >= 15 is 0 Å². The van der Waals surface area contributed by atoms with E-state index in [1.807, 2.05) is 6.07 Å². The molecule has 0 aromatic rings. The van der Waals surface area contributed by atoms with Crippen LogP contribution in [0.15, 0.2) is 22.4 Å². The van der Waals surface area contributed by atoms with Gasteiger partial charge in [-0.25, -0.2) is 0 Å². The van der Waals surface area contributed by atoms with Crippen molar-refractivity contribution in [1.29, 1.82) is 5.26 Å². The molecule has 0 aliphatic heterocycles. The first-order chi connectivity index (χ1) is 7.17. The molecule has 0 aromatic heterocycles. The largest absolute Gasteiger partial charge is 0.495 e. The number of nitrogens with zero attached hydrogens (tertiary/aromatic N) is 1. The van der Waals surface area contributed by atoms with Crippen molar-refractivity contribution >= 4 is 11.6 Å². The van der Waals surface area contributed by atoms with E-state index in [4.69, 9.17) is 27.3 Å². The lowest BCUT2D eigenvalue weighted by molar-refractivity contribution is 0.0736. The van der Waals surface area contributed by atoms with Crippen molar-refractivity contribution in [1.82, 2.24) is 0 Å². The minimum atomic E-state index is -0.661. The second kappa shape index (κ2) is 5.76. The third-order valence-corrected chi connectivity index (χ3v) is 2.40. The third-order valence-electron chi connectivity index (χ3n) is 2.07. The van der Waals surface area contributed by atoms with Gasteiger partial charge in [-0.3, -0.25) is 0 Å². The van der Waals surface area contributed by atoms with Crippen molar-refractivity contribution in [3.05, 3.63) is 22.4 Å². The van der Waals surface area contributed by atoms with Gasteiger partial charge in [0.25, 0.3) is 0 Å². The molecule has 0 radical (unpaired) electrons. The molecule has 4 nitrogen and oxygen atoms in total. The summed E-state index contributed by atoms with van der Waals surface area (Å²) in [5.41, 5.74) is 5.80. The Hall–Kier alpha value is -1.02. The minimum Gasteiger partial charge on any atom is -0.495 e. The fourth-order valence-corrected chi connectivity index (χ4v) is 1.42. The molecule has 1 unspecified atom stereocenters. The van der Waals surface area contributed by atoms with Gasteiger partial charge in [-0.05, 0) is 12.5 Å². The van der Waals surface area contributed by atoms with Gasteiger partial charge in [0.15, 0.2) is 0 Å². The summed E-state index contributed by atoms with van der Waals surface area (Å²) in [7, 11) is 0. The quantitative estimate of drug-likeness (QED) is 0.753. The summed E-state index contributed by atoms with van der Waals surface area (Å²) in [5.74, 6) is 0.687. The van der Waals surface area contributed by atoms with Gasteiger partial charge in [-0.15, -0.1) is 0 Å². The highest BCUT2D eigenvalue weighted by atomic mass is 35.5. The van der Waals surface area contributed by atoms with Crippen LogP contribution in [0, 0.1) is 11.3 Å². The van der Waals surface area contributed by atoms with Gasteiger partial charge < -0.3 is 15.6 Å². The van der Waals surface area contributed by atoms with Crippen LogP contribution in [0.25, 0.3) is 0 Å². The maximum Gasteiger partial charge on any atom is 0.115 e. The second-order valence-electron chi connectivity index (χ2n) is 3.25. The summed E-state index contributed by atoms with van der Waals surface area (Å²) in [4.78, 5) is 0. The number of hydrogen-bond donors (Lipinski definition) is 2. The highest BCUT2D eigenvalue weighted by Crippen LogP contribution is 2.26. The first kappa shape index (κ1) is 12.1. The van der Waals surface area contributed by atoms with Crippen molar-refractivity contribution in [3.63, 3.8) is 0 Å². The number of nitriles is 1. The van der Waals surface area contributed by atoms with E-state index in [0.717, 1.165) is 0 Å². The molecule has 1 aliphatic rings. The molecular weight excluding hydrogens is 216 g/mol. The van der Waals surface area contributed by atoms with E-state index in [-0.39, 0.29) is 13.2 Å². The van der Waals surface area contributed by atoms with Gasteiger partial charge in [-0.2, -0.15) is 5.26 Å². The molecule has 0 saturated heterocycles. The molecule has 0 heterocycles. The third kappa shape index (κ3) is 3.56. The molecule has 5 heteroatoms. The molecule has 1 rings (SSSR count). The topological polar surface area (TPSA) is 79.3 Å². The zero-order chi connectivity index (χ0) is 11.3. The molecular formula is C10H13ClN2O2. The Balaban J connectivity index is 2.53. The Morgan fingerprint density at radius 2 is 2.40 bits per heavy atom. The van der Waals surface area contributed by atoms with E-state index in [2.05, 4.69) is 0 Å². The lowest BCUT2D eigenvalue weighted by Crippen LogP contribution is -2.25. The highest BCUT2D eigenvalue weighted by molar-refractivity contribution is 6.32. The van der Waals surface area contributed by atoms with Crippen LogP contribution in [-0.2, 0) is 4.74 Å². The van der Waals surface area contributed by atoms with Crippen LogP contribution < -0.4 is 5.73 Å². The summed E-state index contributed by atoms with van der Waals surface area (Å²) < 4.78 is 5.30. The van der Waals surface area contributed by atoms with Crippen LogP contribution >= 0.6 is 11.6 Å². The van der Waals surface area contributed by atoms with Crippen molar-refractivity contribution in [2.45, 2.75) is 18.9 Å². The van der Waals surface area contributed by atoms with Crippen LogP contribution in [0.5, 0.6) is 0 Å². The number of halogens is 1. The fourth-order valence-electron chi connectivity index (χ4n) is 1.16. The Labute approximate surface area is 93.6 Å². The number of aliphatic hydroxyl groups excluding tert-OH is 1. The Morgan fingerprint density at radius 3 is 2.93 bits per heavy atom. The van der Waals surface area contributed by atoms with Crippen molar-refractivity contribution in [3.8, 4) is 6.07 Å². The van der Waals surface area contributed by atoms with Gasteiger partial charge in [0, 0.05) is 18.5 Å². The average Bonchev–Trinajstić information content (AvgIpc) is 2.26. The van der Waals surface area contributed by atoms with Crippen LogP contribution in [-0.4, -0.2) is 24.4 Å². The molecule has 15 heavy (non-hydrogen) atoms. The van der Waals surface area contributed by atoms with E-state index in [1.54, 1.807) is 6.08 Å². The monoisotopic (exact) mass is 228 g/mol. The number of ether oxygens (including phenoxy) is 1. The smallest absolute Gasteiger partial charge is 0.115 e.